The minimum atomic E-state index is -0.405. The summed E-state index contributed by atoms with van der Waals surface area (Å²) in [5, 5.41) is 12.5. The number of thioether (sulfide) groups is 1. The summed E-state index contributed by atoms with van der Waals surface area (Å²) in [5.41, 5.74) is 1.07. The van der Waals surface area contributed by atoms with Gasteiger partial charge in [0.2, 0.25) is 5.13 Å². The van der Waals surface area contributed by atoms with Crippen LogP contribution in [0.15, 0.2) is 20.1 Å². The van der Waals surface area contributed by atoms with Crippen LogP contribution in [-0.2, 0) is 20.5 Å². The number of hydrogen-bond acceptors (Lipinski definition) is 8. The number of fused-ring (bicyclic) bond motifs is 1. The summed E-state index contributed by atoms with van der Waals surface area (Å²) in [6, 6.07) is 0. The molecule has 0 radical (unpaired) electrons. The molecule has 8 nitrogen and oxygen atoms in total. The highest BCUT2D eigenvalue weighted by Crippen LogP contribution is 2.31. The largest absolute Gasteiger partial charge is 0.332 e. The monoisotopic (exact) mass is 378 g/mol. The van der Waals surface area contributed by atoms with E-state index in [2.05, 4.69) is 27.4 Å². The van der Waals surface area contributed by atoms with E-state index in [4.69, 9.17) is 0 Å². The third-order valence-corrected chi connectivity index (χ3v) is 5.69. The molecule has 0 atom stereocenters. The summed E-state index contributed by atoms with van der Waals surface area (Å²) in [6.45, 7) is 4.04. The van der Waals surface area contributed by atoms with E-state index < -0.39 is 5.69 Å². The number of hydrogen-bond donors (Lipinski definition) is 1. The zero-order valence-corrected chi connectivity index (χ0v) is 16.0. The molecule has 25 heavy (non-hydrogen) atoms. The molecule has 0 bridgehead atoms. The summed E-state index contributed by atoms with van der Waals surface area (Å²) < 4.78 is 3.33. The van der Waals surface area contributed by atoms with Crippen molar-refractivity contribution in [3.05, 3.63) is 32.6 Å². The Hall–Kier alpha value is -2.20. The van der Waals surface area contributed by atoms with Crippen molar-refractivity contribution in [2.24, 2.45) is 14.1 Å². The van der Waals surface area contributed by atoms with Gasteiger partial charge in [-0.3, -0.25) is 13.9 Å². The number of aromatic nitrogens is 5. The molecule has 0 amide bonds. The van der Waals surface area contributed by atoms with Gasteiger partial charge in [-0.2, -0.15) is 0 Å². The van der Waals surface area contributed by atoms with Gasteiger partial charge in [0.1, 0.15) is 5.39 Å². The quantitative estimate of drug-likeness (QED) is 0.678. The molecule has 0 unspecified atom stereocenters. The second-order valence-electron chi connectivity index (χ2n) is 5.35. The third-order valence-electron chi connectivity index (χ3n) is 3.83. The van der Waals surface area contributed by atoms with Crippen LogP contribution in [0.3, 0.4) is 0 Å². The molecule has 1 N–H and O–H groups in total. The number of pyridine rings is 1. The second-order valence-corrected chi connectivity index (χ2v) is 7.84. The molecule has 3 aromatic rings. The van der Waals surface area contributed by atoms with Crippen LogP contribution in [0.25, 0.3) is 11.0 Å². The summed E-state index contributed by atoms with van der Waals surface area (Å²) in [4.78, 5) is 29.2. The van der Waals surface area contributed by atoms with Crippen molar-refractivity contribution in [3.8, 4) is 0 Å². The Morgan fingerprint density at radius 3 is 2.64 bits per heavy atom. The van der Waals surface area contributed by atoms with Crippen molar-refractivity contribution in [2.45, 2.75) is 24.6 Å². The summed E-state index contributed by atoms with van der Waals surface area (Å²) in [5.74, 6) is 0.912. The van der Waals surface area contributed by atoms with Gasteiger partial charge >= 0.3 is 5.69 Å². The molecule has 0 aromatic carbocycles. The molecular weight excluding hydrogens is 360 g/mol. The van der Waals surface area contributed by atoms with Crippen molar-refractivity contribution in [3.63, 3.8) is 0 Å². The number of nitrogens with zero attached hydrogens (tertiary/aromatic N) is 5. The summed E-state index contributed by atoms with van der Waals surface area (Å²) in [6.07, 6.45) is 2.37. The summed E-state index contributed by atoms with van der Waals surface area (Å²) >= 11 is 3.04. The number of nitrogens with one attached hydrogen (secondary N) is 1. The fourth-order valence-corrected chi connectivity index (χ4v) is 4.18. The van der Waals surface area contributed by atoms with E-state index in [0.29, 0.717) is 28.3 Å². The Balaban J connectivity index is 2.24. The Kier molecular flexibility index (Phi) is 4.91. The van der Waals surface area contributed by atoms with Crippen molar-refractivity contribution >= 4 is 45.0 Å². The van der Waals surface area contributed by atoms with Crippen LogP contribution in [0.5, 0.6) is 0 Å². The van der Waals surface area contributed by atoms with Crippen molar-refractivity contribution in [1.29, 1.82) is 0 Å². The molecule has 0 fully saturated rings. The van der Waals surface area contributed by atoms with Crippen molar-refractivity contribution in [1.82, 2.24) is 24.3 Å². The lowest BCUT2D eigenvalue weighted by atomic mass is 10.1. The second kappa shape index (κ2) is 6.96. The molecule has 132 valence electrons. The molecule has 3 heterocycles. The van der Waals surface area contributed by atoms with Crippen LogP contribution >= 0.6 is 23.1 Å². The highest BCUT2D eigenvalue weighted by molar-refractivity contribution is 8.01. The average Bonchev–Trinajstić information content (AvgIpc) is 3.05. The standard InChI is InChI=1S/C15H18N6O2S2/c1-5-8-7-16-11-9(12(22)21(4)15(23)20(11)3)10(8)17-13-18-19-14(25-13)24-6-2/h7H,5-6H2,1-4H3,(H,16,17,18). The van der Waals surface area contributed by atoms with Crippen LogP contribution < -0.4 is 16.6 Å². The maximum atomic E-state index is 12.7. The highest BCUT2D eigenvalue weighted by Gasteiger charge is 2.18. The minimum absolute atomic E-state index is 0.348. The number of aryl methyl sites for hydroxylation is 2. The topological polar surface area (TPSA) is 94.7 Å². The zero-order chi connectivity index (χ0) is 18.1. The molecule has 0 saturated heterocycles. The van der Waals surface area contributed by atoms with Crippen LogP contribution in [0, 0.1) is 0 Å². The Morgan fingerprint density at radius 1 is 1.20 bits per heavy atom. The maximum Gasteiger partial charge on any atom is 0.332 e. The van der Waals surface area contributed by atoms with Crippen molar-refractivity contribution < 1.29 is 0 Å². The van der Waals surface area contributed by atoms with Crippen LogP contribution in [0.1, 0.15) is 19.4 Å². The molecule has 3 rings (SSSR count). The SMILES string of the molecule is CCSc1nnc(Nc2c(CC)cnc3c2c(=O)n(C)c(=O)n3C)s1. The predicted molar refractivity (Wildman–Crippen MR) is 101 cm³/mol. The van der Waals surface area contributed by atoms with Crippen LogP contribution in [0.4, 0.5) is 10.8 Å². The van der Waals surface area contributed by atoms with E-state index >= 15 is 0 Å². The first-order valence-electron chi connectivity index (χ1n) is 7.78. The van der Waals surface area contributed by atoms with E-state index in [1.165, 1.54) is 23.0 Å². The Labute approximate surface area is 151 Å². The lowest BCUT2D eigenvalue weighted by Crippen LogP contribution is -2.37. The molecule has 0 aliphatic heterocycles. The van der Waals surface area contributed by atoms with Gasteiger partial charge in [-0.05, 0) is 17.7 Å². The van der Waals surface area contributed by atoms with E-state index in [0.717, 1.165) is 20.2 Å². The number of anilines is 2. The van der Waals surface area contributed by atoms with Gasteiger partial charge in [0, 0.05) is 20.3 Å². The normalized spacial score (nSPS) is 11.2. The first kappa shape index (κ1) is 17.6. The average molecular weight is 378 g/mol. The molecule has 0 spiro atoms. The number of rotatable bonds is 5. The van der Waals surface area contributed by atoms with E-state index in [1.807, 2.05) is 6.92 Å². The molecule has 3 aromatic heterocycles. The van der Waals surface area contributed by atoms with Gasteiger partial charge in [0.25, 0.3) is 5.56 Å². The Morgan fingerprint density at radius 2 is 1.96 bits per heavy atom. The summed E-state index contributed by atoms with van der Waals surface area (Å²) in [7, 11) is 3.07. The Bertz CT molecular complexity index is 1050. The smallest absolute Gasteiger partial charge is 0.329 e. The van der Waals surface area contributed by atoms with Gasteiger partial charge in [-0.25, -0.2) is 9.78 Å². The first-order valence-corrected chi connectivity index (χ1v) is 9.59. The maximum absolute atomic E-state index is 12.7. The molecule has 10 heteroatoms. The van der Waals surface area contributed by atoms with E-state index in [-0.39, 0.29) is 5.56 Å². The van der Waals surface area contributed by atoms with Gasteiger partial charge in [-0.1, -0.05) is 36.9 Å². The molecule has 0 aliphatic rings. The van der Waals surface area contributed by atoms with Gasteiger partial charge in [-0.15, -0.1) is 10.2 Å². The van der Waals surface area contributed by atoms with E-state index in [1.54, 1.807) is 25.0 Å². The highest BCUT2D eigenvalue weighted by atomic mass is 32.2. The molecular formula is C15H18N6O2S2. The first-order chi connectivity index (χ1) is 12.0. The molecule has 0 saturated carbocycles. The van der Waals surface area contributed by atoms with E-state index in [9.17, 15) is 9.59 Å². The van der Waals surface area contributed by atoms with Gasteiger partial charge in [0.15, 0.2) is 9.99 Å². The lowest BCUT2D eigenvalue weighted by molar-refractivity contribution is 0.707. The minimum Gasteiger partial charge on any atom is -0.329 e. The fourth-order valence-electron chi connectivity index (χ4n) is 2.53. The third kappa shape index (κ3) is 3.07. The van der Waals surface area contributed by atoms with Crippen molar-refractivity contribution in [2.75, 3.05) is 11.1 Å². The lowest BCUT2D eigenvalue weighted by Gasteiger charge is -2.14. The fraction of sp³-hybridized carbons (Fsp3) is 0.400. The zero-order valence-electron chi connectivity index (χ0n) is 14.4. The van der Waals surface area contributed by atoms with Gasteiger partial charge < -0.3 is 5.32 Å². The predicted octanol–water partition coefficient (Wildman–Crippen LogP) is 1.90. The van der Waals surface area contributed by atoms with Gasteiger partial charge in [0.05, 0.1) is 5.69 Å². The van der Waals surface area contributed by atoms with Crippen LogP contribution in [0.2, 0.25) is 0 Å². The van der Waals surface area contributed by atoms with Crippen LogP contribution in [-0.4, -0.2) is 30.1 Å². The molecule has 0 aliphatic carbocycles.